The van der Waals surface area contributed by atoms with Crippen LogP contribution in [-0.2, 0) is 16.6 Å². The molecule has 0 aromatic carbocycles. The van der Waals surface area contributed by atoms with E-state index in [1.165, 1.54) is 6.07 Å². The molecule has 0 amide bonds. The highest BCUT2D eigenvalue weighted by molar-refractivity contribution is 9.11. The van der Waals surface area contributed by atoms with Crippen molar-refractivity contribution >= 4 is 37.3 Å². The summed E-state index contributed by atoms with van der Waals surface area (Å²) in [4.78, 5) is 0.279. The lowest BCUT2D eigenvalue weighted by atomic mass is 10.4. The third-order valence-corrected chi connectivity index (χ3v) is 6.35. The number of nitrogens with zero attached hydrogens (tertiary/aromatic N) is 1. The van der Waals surface area contributed by atoms with Crippen LogP contribution in [0, 0.1) is 0 Å². The largest absolute Gasteiger partial charge is 0.391 e. The van der Waals surface area contributed by atoms with Crippen LogP contribution in [0.2, 0.25) is 0 Å². The van der Waals surface area contributed by atoms with Crippen molar-refractivity contribution in [2.75, 3.05) is 13.6 Å². The van der Waals surface area contributed by atoms with Gasteiger partial charge in [-0.2, -0.15) is 13.2 Å². The van der Waals surface area contributed by atoms with E-state index in [1.54, 1.807) is 0 Å². The number of alkyl halides is 3. The summed E-state index contributed by atoms with van der Waals surface area (Å²) >= 11 is 4.05. The molecule has 110 valence electrons. The Balaban J connectivity index is 2.93. The van der Waals surface area contributed by atoms with Gasteiger partial charge in [-0.1, -0.05) is 0 Å². The van der Waals surface area contributed by atoms with Gasteiger partial charge in [-0.25, -0.2) is 12.7 Å². The molecular weight excluding hydrogens is 371 g/mol. The molecule has 0 radical (unpaired) electrons. The van der Waals surface area contributed by atoms with E-state index in [-0.39, 0.29) is 15.3 Å². The van der Waals surface area contributed by atoms with Gasteiger partial charge >= 0.3 is 6.18 Å². The zero-order valence-electron chi connectivity index (χ0n) is 9.74. The SMILES string of the molecule is CN(CCC(F)(F)F)S(=O)(=O)c1cc(CO)sc1Br. The summed E-state index contributed by atoms with van der Waals surface area (Å²) in [5.74, 6) is 0. The average molecular weight is 382 g/mol. The molecule has 0 aliphatic rings. The first-order valence-corrected chi connectivity index (χ1v) is 8.05. The summed E-state index contributed by atoms with van der Waals surface area (Å²) in [5, 5.41) is 8.92. The Labute approximate surface area is 121 Å². The molecule has 1 heterocycles. The second kappa shape index (κ2) is 6.08. The van der Waals surface area contributed by atoms with Crippen molar-refractivity contribution in [2.24, 2.45) is 0 Å². The maximum absolute atomic E-state index is 12.1. The predicted molar refractivity (Wildman–Crippen MR) is 68.4 cm³/mol. The Morgan fingerprint density at radius 1 is 1.47 bits per heavy atom. The van der Waals surface area contributed by atoms with Crippen LogP contribution in [0.15, 0.2) is 14.7 Å². The number of sulfonamides is 1. The van der Waals surface area contributed by atoms with Gasteiger partial charge in [0.1, 0.15) is 4.90 Å². The highest BCUT2D eigenvalue weighted by Gasteiger charge is 2.31. The van der Waals surface area contributed by atoms with Gasteiger partial charge in [0, 0.05) is 18.5 Å². The lowest BCUT2D eigenvalue weighted by Crippen LogP contribution is -2.30. The number of hydrogen-bond acceptors (Lipinski definition) is 4. The first kappa shape index (κ1) is 16.9. The van der Waals surface area contributed by atoms with Crippen LogP contribution in [0.5, 0.6) is 0 Å². The number of aliphatic hydroxyl groups is 1. The van der Waals surface area contributed by atoms with E-state index in [2.05, 4.69) is 15.9 Å². The van der Waals surface area contributed by atoms with Crippen LogP contribution < -0.4 is 0 Å². The molecule has 10 heteroatoms. The van der Waals surface area contributed by atoms with E-state index in [1.807, 2.05) is 0 Å². The molecule has 1 aromatic heterocycles. The van der Waals surface area contributed by atoms with Crippen molar-refractivity contribution < 1.29 is 26.7 Å². The molecule has 0 aliphatic heterocycles. The Morgan fingerprint density at radius 3 is 2.47 bits per heavy atom. The second-order valence-corrected chi connectivity index (χ2v) is 8.17. The smallest absolute Gasteiger partial charge is 0.390 e. The molecule has 1 rings (SSSR count). The number of rotatable bonds is 5. The second-order valence-electron chi connectivity index (χ2n) is 3.70. The van der Waals surface area contributed by atoms with E-state index < -0.39 is 29.2 Å². The molecule has 19 heavy (non-hydrogen) atoms. The van der Waals surface area contributed by atoms with Crippen LogP contribution in [0.1, 0.15) is 11.3 Å². The molecular formula is C9H11BrF3NO3S2. The minimum atomic E-state index is -4.41. The van der Waals surface area contributed by atoms with E-state index in [0.29, 0.717) is 9.18 Å². The third-order valence-electron chi connectivity index (χ3n) is 2.26. The summed E-state index contributed by atoms with van der Waals surface area (Å²) in [6.45, 7) is -0.979. The van der Waals surface area contributed by atoms with Gasteiger partial charge in [0.2, 0.25) is 10.0 Å². The predicted octanol–water partition coefficient (Wildman–Crippen LogP) is 2.58. The first-order chi connectivity index (χ1) is 8.58. The zero-order valence-corrected chi connectivity index (χ0v) is 13.0. The monoisotopic (exact) mass is 381 g/mol. The Kier molecular flexibility index (Phi) is 5.41. The molecule has 0 saturated carbocycles. The summed E-state index contributed by atoms with van der Waals surface area (Å²) in [6, 6.07) is 1.24. The third kappa shape index (κ3) is 4.42. The number of aliphatic hydroxyl groups excluding tert-OH is 1. The van der Waals surface area contributed by atoms with Crippen LogP contribution >= 0.6 is 27.3 Å². The first-order valence-electron chi connectivity index (χ1n) is 5.00. The molecule has 0 saturated heterocycles. The summed E-state index contributed by atoms with van der Waals surface area (Å²) in [7, 11) is -2.91. The Bertz CT molecular complexity index is 541. The average Bonchev–Trinajstić information content (AvgIpc) is 2.67. The topological polar surface area (TPSA) is 57.6 Å². The van der Waals surface area contributed by atoms with Crippen molar-refractivity contribution in [1.29, 1.82) is 0 Å². The van der Waals surface area contributed by atoms with Gasteiger partial charge in [0.15, 0.2) is 0 Å². The van der Waals surface area contributed by atoms with Gasteiger partial charge in [0.05, 0.1) is 16.8 Å². The van der Waals surface area contributed by atoms with Crippen LogP contribution in [0.3, 0.4) is 0 Å². The molecule has 0 bridgehead atoms. The molecule has 4 nitrogen and oxygen atoms in total. The van der Waals surface area contributed by atoms with Gasteiger partial charge in [-0.05, 0) is 22.0 Å². The highest BCUT2D eigenvalue weighted by Crippen LogP contribution is 2.33. The van der Waals surface area contributed by atoms with E-state index >= 15 is 0 Å². The quantitative estimate of drug-likeness (QED) is 0.852. The molecule has 1 aromatic rings. The maximum Gasteiger partial charge on any atom is 0.390 e. The minimum Gasteiger partial charge on any atom is -0.391 e. The number of hydrogen-bond donors (Lipinski definition) is 1. The van der Waals surface area contributed by atoms with E-state index in [0.717, 1.165) is 18.4 Å². The van der Waals surface area contributed by atoms with Gasteiger partial charge in [0.25, 0.3) is 0 Å². The lowest BCUT2D eigenvalue weighted by Gasteiger charge is -2.17. The van der Waals surface area contributed by atoms with Crippen molar-refractivity contribution in [3.8, 4) is 0 Å². The summed E-state index contributed by atoms with van der Waals surface area (Å²) < 4.78 is 61.3. The Hall–Kier alpha value is -0.160. The standard InChI is InChI=1S/C9H11BrF3NO3S2/c1-14(3-2-9(11,12)13)19(16,17)7-4-6(5-15)18-8(7)10/h4,15H,2-3,5H2,1H3. The minimum absolute atomic E-state index is 0.133. The van der Waals surface area contributed by atoms with Crippen molar-refractivity contribution in [2.45, 2.75) is 24.1 Å². The van der Waals surface area contributed by atoms with E-state index in [4.69, 9.17) is 5.11 Å². The molecule has 0 atom stereocenters. The zero-order chi connectivity index (χ0) is 14.8. The Morgan fingerprint density at radius 2 is 2.05 bits per heavy atom. The molecule has 0 aliphatic carbocycles. The molecule has 0 spiro atoms. The fourth-order valence-corrected chi connectivity index (χ4v) is 4.88. The van der Waals surface area contributed by atoms with Crippen molar-refractivity contribution in [1.82, 2.24) is 4.31 Å². The molecule has 0 fully saturated rings. The van der Waals surface area contributed by atoms with Gasteiger partial charge in [-0.15, -0.1) is 11.3 Å². The van der Waals surface area contributed by atoms with Crippen molar-refractivity contribution in [3.63, 3.8) is 0 Å². The van der Waals surface area contributed by atoms with Crippen molar-refractivity contribution in [3.05, 3.63) is 14.7 Å². The molecule has 0 unspecified atom stereocenters. The van der Waals surface area contributed by atoms with Gasteiger partial charge in [-0.3, -0.25) is 0 Å². The van der Waals surface area contributed by atoms with Crippen LogP contribution in [0.25, 0.3) is 0 Å². The summed E-state index contributed by atoms with van der Waals surface area (Å²) in [6.07, 6.45) is -5.62. The number of halogens is 4. The molecule has 1 N–H and O–H groups in total. The summed E-state index contributed by atoms with van der Waals surface area (Å²) in [5.41, 5.74) is 0. The van der Waals surface area contributed by atoms with E-state index in [9.17, 15) is 21.6 Å². The number of thiophene rings is 1. The maximum atomic E-state index is 12.1. The van der Waals surface area contributed by atoms with Crippen LogP contribution in [0.4, 0.5) is 13.2 Å². The van der Waals surface area contributed by atoms with Crippen LogP contribution in [-0.4, -0.2) is 37.6 Å². The normalized spacial score (nSPS) is 13.2. The highest BCUT2D eigenvalue weighted by atomic mass is 79.9. The fraction of sp³-hybridized carbons (Fsp3) is 0.556. The van der Waals surface area contributed by atoms with Gasteiger partial charge < -0.3 is 5.11 Å². The lowest BCUT2D eigenvalue weighted by molar-refractivity contribution is -0.135. The fourth-order valence-electron chi connectivity index (χ4n) is 1.22.